The lowest BCUT2D eigenvalue weighted by molar-refractivity contribution is -0.120. The zero-order valence-corrected chi connectivity index (χ0v) is 10.2. The van der Waals surface area contributed by atoms with Crippen molar-refractivity contribution in [3.05, 3.63) is 71.3 Å². The molecule has 0 radical (unpaired) electrons. The molecule has 0 spiro atoms. The molecule has 2 N–H and O–H groups in total. The number of benzene rings is 2. The van der Waals surface area contributed by atoms with Gasteiger partial charge in [-0.25, -0.2) is 0 Å². The minimum absolute atomic E-state index is 0.169. The second kappa shape index (κ2) is 4.35. The first-order chi connectivity index (χ1) is 9.20. The number of carbonyl (C=O) groups excluding carboxylic acids is 2. The normalized spacial score (nSPS) is 21.2. The summed E-state index contributed by atoms with van der Waals surface area (Å²) in [6.45, 7) is 0. The number of amides is 1. The van der Waals surface area contributed by atoms with Crippen molar-refractivity contribution in [1.29, 1.82) is 0 Å². The fourth-order valence-electron chi connectivity index (χ4n) is 2.82. The summed E-state index contributed by atoms with van der Waals surface area (Å²) in [5.74, 6) is -1.78. The summed E-state index contributed by atoms with van der Waals surface area (Å²) < 4.78 is 0. The number of fused-ring (bicyclic) bond motifs is 1. The van der Waals surface area contributed by atoms with Gasteiger partial charge in [0.05, 0.1) is 0 Å². The van der Waals surface area contributed by atoms with E-state index < -0.39 is 11.8 Å². The van der Waals surface area contributed by atoms with Gasteiger partial charge in [0, 0.05) is 11.5 Å². The number of nitrogens with two attached hydrogens (primary N) is 1. The molecule has 0 saturated carbocycles. The van der Waals surface area contributed by atoms with Crippen LogP contribution in [0.4, 0.5) is 0 Å². The molecule has 3 heteroatoms. The van der Waals surface area contributed by atoms with E-state index in [2.05, 4.69) is 0 Å². The van der Waals surface area contributed by atoms with Crippen molar-refractivity contribution in [3.8, 4) is 0 Å². The molecular weight excluding hydrogens is 238 g/mol. The summed E-state index contributed by atoms with van der Waals surface area (Å²) in [6.07, 6.45) is 0. The summed E-state index contributed by atoms with van der Waals surface area (Å²) in [7, 11) is 0. The molecule has 0 bridgehead atoms. The van der Waals surface area contributed by atoms with Crippen LogP contribution < -0.4 is 5.73 Å². The quantitative estimate of drug-likeness (QED) is 0.831. The Hall–Kier alpha value is -2.42. The SMILES string of the molecule is NC(=O)C1C(=O)c2ccccc2C1c1ccccc1. The van der Waals surface area contributed by atoms with Gasteiger partial charge in [0.1, 0.15) is 5.92 Å². The van der Waals surface area contributed by atoms with Crippen molar-refractivity contribution in [2.45, 2.75) is 5.92 Å². The number of Topliss-reactive ketones (excluding diaryl/α,β-unsaturated/α-hetero) is 1. The van der Waals surface area contributed by atoms with Gasteiger partial charge in [0.25, 0.3) is 0 Å². The standard InChI is InChI=1S/C16H13NO2/c17-16(19)14-13(10-6-2-1-3-7-10)11-8-4-5-9-12(11)15(14)18/h1-9,13-14H,(H2,17,19). The Morgan fingerprint density at radius 2 is 1.58 bits per heavy atom. The van der Waals surface area contributed by atoms with Crippen LogP contribution in [0.2, 0.25) is 0 Å². The summed E-state index contributed by atoms with van der Waals surface area (Å²) in [5.41, 5.74) is 7.89. The third kappa shape index (κ3) is 1.74. The maximum atomic E-state index is 12.3. The first kappa shape index (κ1) is 11.7. The van der Waals surface area contributed by atoms with Crippen molar-refractivity contribution in [2.24, 2.45) is 11.7 Å². The number of primary amides is 1. The lowest BCUT2D eigenvalue weighted by Gasteiger charge is -2.17. The lowest BCUT2D eigenvalue weighted by atomic mass is 9.85. The molecule has 1 amide bonds. The van der Waals surface area contributed by atoms with Crippen LogP contribution in [0.1, 0.15) is 27.4 Å². The first-order valence-electron chi connectivity index (χ1n) is 6.17. The molecular formula is C16H13NO2. The maximum Gasteiger partial charge on any atom is 0.229 e. The fraction of sp³-hybridized carbons (Fsp3) is 0.125. The van der Waals surface area contributed by atoms with Crippen LogP contribution in [0, 0.1) is 5.92 Å². The summed E-state index contributed by atoms with van der Waals surface area (Å²) in [6, 6.07) is 16.9. The zero-order valence-electron chi connectivity index (χ0n) is 10.2. The molecule has 0 heterocycles. The van der Waals surface area contributed by atoms with Gasteiger partial charge in [0.15, 0.2) is 5.78 Å². The molecule has 0 aliphatic heterocycles. The van der Waals surface area contributed by atoms with Gasteiger partial charge >= 0.3 is 0 Å². The minimum Gasteiger partial charge on any atom is -0.369 e. The van der Waals surface area contributed by atoms with E-state index in [1.807, 2.05) is 48.5 Å². The van der Waals surface area contributed by atoms with Crippen molar-refractivity contribution >= 4 is 11.7 Å². The van der Waals surface area contributed by atoms with Crippen LogP contribution in [0.15, 0.2) is 54.6 Å². The van der Waals surface area contributed by atoms with Gasteiger partial charge in [-0.1, -0.05) is 54.6 Å². The predicted octanol–water partition coefficient (Wildman–Crippen LogP) is 2.12. The van der Waals surface area contributed by atoms with Gasteiger partial charge in [-0.05, 0) is 11.1 Å². The van der Waals surface area contributed by atoms with Crippen LogP contribution >= 0.6 is 0 Å². The predicted molar refractivity (Wildman–Crippen MR) is 71.7 cm³/mol. The van der Waals surface area contributed by atoms with E-state index >= 15 is 0 Å². The number of carbonyl (C=O) groups is 2. The topological polar surface area (TPSA) is 60.2 Å². The molecule has 3 rings (SSSR count). The van der Waals surface area contributed by atoms with Crippen LogP contribution in [-0.2, 0) is 4.79 Å². The molecule has 0 fully saturated rings. The number of ketones is 1. The summed E-state index contributed by atoms with van der Waals surface area (Å²) in [4.78, 5) is 24.0. The summed E-state index contributed by atoms with van der Waals surface area (Å²) >= 11 is 0. The van der Waals surface area contributed by atoms with Gasteiger partial charge in [0.2, 0.25) is 5.91 Å². The average Bonchev–Trinajstić information content (AvgIpc) is 2.74. The Bertz CT molecular complexity index is 649. The first-order valence-corrected chi connectivity index (χ1v) is 6.17. The third-order valence-corrected chi connectivity index (χ3v) is 3.64. The lowest BCUT2D eigenvalue weighted by Crippen LogP contribution is -2.31. The summed E-state index contributed by atoms with van der Waals surface area (Å²) in [5, 5.41) is 0. The Kier molecular flexibility index (Phi) is 2.67. The molecule has 19 heavy (non-hydrogen) atoms. The van der Waals surface area contributed by atoms with Crippen LogP contribution in [0.25, 0.3) is 0 Å². The highest BCUT2D eigenvalue weighted by Gasteiger charge is 2.43. The smallest absolute Gasteiger partial charge is 0.229 e. The largest absolute Gasteiger partial charge is 0.369 e. The third-order valence-electron chi connectivity index (χ3n) is 3.64. The molecule has 0 aromatic heterocycles. The monoisotopic (exact) mass is 251 g/mol. The van der Waals surface area contributed by atoms with Crippen LogP contribution in [0.5, 0.6) is 0 Å². The van der Waals surface area contributed by atoms with Gasteiger partial charge in [-0.15, -0.1) is 0 Å². The molecule has 1 aliphatic rings. The van der Waals surface area contributed by atoms with E-state index in [1.54, 1.807) is 6.07 Å². The van der Waals surface area contributed by atoms with E-state index in [0.717, 1.165) is 11.1 Å². The average molecular weight is 251 g/mol. The van der Waals surface area contributed by atoms with Gasteiger partial charge in [-0.3, -0.25) is 9.59 Å². The fourth-order valence-corrected chi connectivity index (χ4v) is 2.82. The zero-order chi connectivity index (χ0) is 13.4. The highest BCUT2D eigenvalue weighted by atomic mass is 16.2. The number of rotatable bonds is 2. The second-order valence-corrected chi connectivity index (χ2v) is 4.72. The minimum atomic E-state index is -0.792. The maximum absolute atomic E-state index is 12.3. The molecule has 1 aliphatic carbocycles. The van der Waals surface area contributed by atoms with Crippen molar-refractivity contribution < 1.29 is 9.59 Å². The molecule has 2 aromatic carbocycles. The highest BCUT2D eigenvalue weighted by molar-refractivity contribution is 6.14. The molecule has 2 aromatic rings. The van der Waals surface area contributed by atoms with E-state index in [4.69, 9.17) is 5.73 Å². The molecule has 0 saturated heterocycles. The molecule has 2 unspecified atom stereocenters. The van der Waals surface area contributed by atoms with Crippen molar-refractivity contribution in [1.82, 2.24) is 0 Å². The van der Waals surface area contributed by atoms with Crippen LogP contribution in [0.3, 0.4) is 0 Å². The van der Waals surface area contributed by atoms with E-state index in [0.29, 0.717) is 5.56 Å². The second-order valence-electron chi connectivity index (χ2n) is 4.72. The Labute approximate surface area is 111 Å². The van der Waals surface area contributed by atoms with Crippen LogP contribution in [-0.4, -0.2) is 11.7 Å². The van der Waals surface area contributed by atoms with E-state index in [9.17, 15) is 9.59 Å². The van der Waals surface area contributed by atoms with E-state index in [1.165, 1.54) is 0 Å². The molecule has 94 valence electrons. The van der Waals surface area contributed by atoms with Gasteiger partial charge < -0.3 is 5.73 Å². The van der Waals surface area contributed by atoms with Gasteiger partial charge in [-0.2, -0.15) is 0 Å². The Morgan fingerprint density at radius 1 is 0.947 bits per heavy atom. The highest BCUT2D eigenvalue weighted by Crippen LogP contribution is 2.41. The van der Waals surface area contributed by atoms with Crippen molar-refractivity contribution in [3.63, 3.8) is 0 Å². The van der Waals surface area contributed by atoms with Crippen molar-refractivity contribution in [2.75, 3.05) is 0 Å². The number of hydrogen-bond acceptors (Lipinski definition) is 2. The van der Waals surface area contributed by atoms with E-state index in [-0.39, 0.29) is 11.7 Å². The molecule has 3 nitrogen and oxygen atoms in total. The number of hydrogen-bond donors (Lipinski definition) is 1. The Balaban J connectivity index is 2.20. The molecule has 2 atom stereocenters. The Morgan fingerprint density at radius 3 is 2.26 bits per heavy atom.